The number of sulfonamides is 1. The molecule has 1 heterocycles. The van der Waals surface area contributed by atoms with Crippen LogP contribution in [0.15, 0.2) is 52.1 Å². The second-order valence-electron chi connectivity index (χ2n) is 6.50. The zero-order valence-electron chi connectivity index (χ0n) is 15.2. The monoisotopic (exact) mass is 361 g/mol. The second kappa shape index (κ2) is 6.96. The molecular weight excluding hydrogens is 338 g/mol. The number of carbonyl (C=O) groups is 2. The average Bonchev–Trinajstić information content (AvgIpc) is 2.49. The standard InChI is InChI=1S/C19H23NO4S/c1-12-6-8-17(9-7-12)25(23,24)20-11-13(2)19(16(5)22)15(4)18(20)10-14(3)21/h6-9,11,18H,10H2,1-5H3. The number of benzene rings is 1. The van der Waals surface area contributed by atoms with Crippen LogP contribution in [0.1, 0.15) is 39.7 Å². The summed E-state index contributed by atoms with van der Waals surface area (Å²) in [5.41, 5.74) is 2.65. The van der Waals surface area contributed by atoms with Crippen LogP contribution in [-0.2, 0) is 19.6 Å². The molecule has 0 aromatic heterocycles. The van der Waals surface area contributed by atoms with Crippen LogP contribution >= 0.6 is 0 Å². The highest BCUT2D eigenvalue weighted by atomic mass is 32.2. The van der Waals surface area contributed by atoms with Crippen LogP contribution in [0, 0.1) is 6.92 Å². The molecule has 1 aromatic carbocycles. The molecule has 1 aliphatic heterocycles. The highest BCUT2D eigenvalue weighted by Crippen LogP contribution is 2.33. The van der Waals surface area contributed by atoms with E-state index >= 15 is 0 Å². The van der Waals surface area contributed by atoms with E-state index < -0.39 is 16.1 Å². The lowest BCUT2D eigenvalue weighted by Crippen LogP contribution is -2.41. The van der Waals surface area contributed by atoms with Crippen LogP contribution in [0.5, 0.6) is 0 Å². The fourth-order valence-electron chi connectivity index (χ4n) is 3.15. The van der Waals surface area contributed by atoms with Crippen LogP contribution in [0.2, 0.25) is 0 Å². The molecule has 1 aliphatic rings. The third kappa shape index (κ3) is 3.74. The Morgan fingerprint density at radius 1 is 1.04 bits per heavy atom. The average molecular weight is 361 g/mol. The van der Waals surface area contributed by atoms with Crippen molar-refractivity contribution in [3.8, 4) is 0 Å². The van der Waals surface area contributed by atoms with Gasteiger partial charge in [-0.15, -0.1) is 0 Å². The minimum absolute atomic E-state index is 0.0253. The Morgan fingerprint density at radius 3 is 2.08 bits per heavy atom. The fraction of sp³-hybridized carbons (Fsp3) is 0.368. The molecule has 0 saturated heterocycles. The van der Waals surface area contributed by atoms with E-state index in [9.17, 15) is 18.0 Å². The molecule has 1 aromatic rings. The third-order valence-electron chi connectivity index (χ3n) is 4.35. The first-order chi connectivity index (χ1) is 11.6. The topological polar surface area (TPSA) is 71.5 Å². The molecule has 0 fully saturated rings. The maximum absolute atomic E-state index is 13.1. The van der Waals surface area contributed by atoms with E-state index in [1.807, 2.05) is 6.92 Å². The smallest absolute Gasteiger partial charge is 0.264 e. The third-order valence-corrected chi connectivity index (χ3v) is 6.13. The van der Waals surface area contributed by atoms with Crippen molar-refractivity contribution >= 4 is 21.6 Å². The Bertz CT molecular complexity index is 877. The number of aryl methyl sites for hydroxylation is 1. The minimum atomic E-state index is -3.83. The Labute approximate surface area is 149 Å². The summed E-state index contributed by atoms with van der Waals surface area (Å²) in [5.74, 6) is -0.267. The molecule has 2 rings (SSSR count). The van der Waals surface area contributed by atoms with E-state index in [1.165, 1.54) is 24.4 Å². The van der Waals surface area contributed by atoms with Gasteiger partial charge >= 0.3 is 0 Å². The van der Waals surface area contributed by atoms with Crippen molar-refractivity contribution in [1.29, 1.82) is 0 Å². The van der Waals surface area contributed by atoms with Crippen molar-refractivity contribution in [2.24, 2.45) is 0 Å². The predicted molar refractivity (Wildman–Crippen MR) is 96.4 cm³/mol. The van der Waals surface area contributed by atoms with Crippen molar-refractivity contribution in [2.45, 2.75) is 52.0 Å². The van der Waals surface area contributed by atoms with E-state index in [0.717, 1.165) is 5.56 Å². The fourth-order valence-corrected chi connectivity index (χ4v) is 4.74. The number of ketones is 2. The van der Waals surface area contributed by atoms with E-state index in [-0.39, 0.29) is 22.9 Å². The summed E-state index contributed by atoms with van der Waals surface area (Å²) in [4.78, 5) is 23.8. The van der Waals surface area contributed by atoms with Gasteiger partial charge in [0.15, 0.2) is 5.78 Å². The van der Waals surface area contributed by atoms with Gasteiger partial charge in [0.2, 0.25) is 0 Å². The zero-order valence-corrected chi connectivity index (χ0v) is 16.0. The molecule has 0 spiro atoms. The van der Waals surface area contributed by atoms with Crippen molar-refractivity contribution < 1.29 is 18.0 Å². The summed E-state index contributed by atoms with van der Waals surface area (Å²) in [5, 5.41) is 0. The van der Waals surface area contributed by atoms with Gasteiger partial charge in [0.1, 0.15) is 5.78 Å². The molecule has 1 unspecified atom stereocenters. The first-order valence-corrected chi connectivity index (χ1v) is 9.50. The van der Waals surface area contributed by atoms with Crippen LogP contribution in [0.25, 0.3) is 0 Å². The maximum atomic E-state index is 13.1. The Kier molecular flexibility index (Phi) is 5.32. The Balaban J connectivity index is 2.60. The molecule has 25 heavy (non-hydrogen) atoms. The SMILES string of the molecule is CC(=O)CC1C(C)=C(C(C)=O)C(C)=CN1S(=O)(=O)c1ccc(C)cc1. The first-order valence-electron chi connectivity index (χ1n) is 8.06. The maximum Gasteiger partial charge on any atom is 0.264 e. The summed E-state index contributed by atoms with van der Waals surface area (Å²) >= 11 is 0. The molecule has 6 heteroatoms. The van der Waals surface area contributed by atoms with Crippen molar-refractivity contribution in [3.63, 3.8) is 0 Å². The number of carbonyl (C=O) groups excluding carboxylic acids is 2. The van der Waals surface area contributed by atoms with E-state index in [0.29, 0.717) is 16.7 Å². The minimum Gasteiger partial charge on any atom is -0.300 e. The first kappa shape index (κ1) is 19.1. The van der Waals surface area contributed by atoms with Crippen molar-refractivity contribution in [1.82, 2.24) is 4.31 Å². The quantitative estimate of drug-likeness (QED) is 0.808. The predicted octanol–water partition coefficient (Wildman–Crippen LogP) is 3.16. The summed E-state index contributed by atoms with van der Waals surface area (Å²) in [6, 6.07) is 5.89. The van der Waals surface area contributed by atoms with Crippen LogP contribution in [0.3, 0.4) is 0 Å². The number of allylic oxidation sites excluding steroid dienone is 2. The van der Waals surface area contributed by atoms with Crippen molar-refractivity contribution in [2.75, 3.05) is 0 Å². The Hall–Kier alpha value is -2.21. The molecule has 134 valence electrons. The lowest BCUT2D eigenvalue weighted by Gasteiger charge is -2.35. The van der Waals surface area contributed by atoms with Gasteiger partial charge in [-0.3, -0.25) is 13.9 Å². The highest BCUT2D eigenvalue weighted by molar-refractivity contribution is 7.89. The van der Waals surface area contributed by atoms with Gasteiger partial charge in [0.25, 0.3) is 10.0 Å². The van der Waals surface area contributed by atoms with E-state index in [2.05, 4.69) is 0 Å². The lowest BCUT2D eigenvalue weighted by atomic mass is 9.89. The summed E-state index contributed by atoms with van der Waals surface area (Å²) in [7, 11) is -3.83. The molecule has 0 radical (unpaired) electrons. The summed E-state index contributed by atoms with van der Waals surface area (Å²) in [6.45, 7) is 8.18. The van der Waals surface area contributed by atoms with Crippen molar-refractivity contribution in [3.05, 3.63) is 52.7 Å². The van der Waals surface area contributed by atoms with Gasteiger partial charge in [-0.25, -0.2) is 8.42 Å². The van der Waals surface area contributed by atoms with E-state index in [1.54, 1.807) is 38.1 Å². The van der Waals surface area contributed by atoms with Gasteiger partial charge in [-0.1, -0.05) is 17.7 Å². The molecule has 0 bridgehead atoms. The molecule has 0 saturated carbocycles. The van der Waals surface area contributed by atoms with Crippen LogP contribution in [-0.4, -0.2) is 30.3 Å². The van der Waals surface area contributed by atoms with Gasteiger partial charge in [0.05, 0.1) is 10.9 Å². The van der Waals surface area contributed by atoms with E-state index in [4.69, 9.17) is 0 Å². The molecular formula is C19H23NO4S. The van der Waals surface area contributed by atoms with Crippen LogP contribution < -0.4 is 0 Å². The molecule has 0 aliphatic carbocycles. The Morgan fingerprint density at radius 2 is 1.60 bits per heavy atom. The number of rotatable bonds is 5. The number of nitrogens with zero attached hydrogens (tertiary/aromatic N) is 1. The second-order valence-corrected chi connectivity index (χ2v) is 8.34. The number of hydrogen-bond acceptors (Lipinski definition) is 4. The van der Waals surface area contributed by atoms with Gasteiger partial charge in [-0.05, 0) is 57.9 Å². The van der Waals surface area contributed by atoms with Gasteiger partial charge < -0.3 is 0 Å². The number of Topliss-reactive ketones (excluding diaryl/α,β-unsaturated/α-hetero) is 2. The molecule has 0 amide bonds. The van der Waals surface area contributed by atoms with Gasteiger partial charge in [-0.2, -0.15) is 0 Å². The van der Waals surface area contributed by atoms with Crippen LogP contribution in [0.4, 0.5) is 0 Å². The summed E-state index contributed by atoms with van der Waals surface area (Å²) < 4.78 is 27.5. The zero-order chi connectivity index (χ0) is 18.9. The lowest BCUT2D eigenvalue weighted by molar-refractivity contribution is -0.117. The molecule has 1 atom stereocenters. The molecule has 0 N–H and O–H groups in total. The summed E-state index contributed by atoms with van der Waals surface area (Å²) in [6.07, 6.45) is 1.49. The van der Waals surface area contributed by atoms with Gasteiger partial charge in [0, 0.05) is 18.2 Å². The largest absolute Gasteiger partial charge is 0.300 e. The number of hydrogen-bond donors (Lipinski definition) is 0. The highest BCUT2D eigenvalue weighted by Gasteiger charge is 2.36. The molecule has 5 nitrogen and oxygen atoms in total. The normalized spacial score (nSPS) is 18.2.